The summed E-state index contributed by atoms with van der Waals surface area (Å²) in [6.07, 6.45) is 8.80. The van der Waals surface area contributed by atoms with Crippen LogP contribution < -0.4 is 72.7 Å². The van der Waals surface area contributed by atoms with E-state index in [1.165, 1.54) is 18.9 Å². The van der Waals surface area contributed by atoms with E-state index in [-0.39, 0.29) is 75.8 Å². The van der Waals surface area contributed by atoms with Gasteiger partial charge in [-0.15, -0.1) is 12.7 Å². The molecule has 1 aromatic heterocycles. The minimum absolute atomic E-state index is 0. The monoisotopic (exact) mass is 559 g/mol. The Kier molecular flexibility index (Phi) is 12.1. The van der Waals surface area contributed by atoms with Crippen LogP contribution in [0.2, 0.25) is 0 Å². The van der Waals surface area contributed by atoms with E-state index in [1.54, 1.807) is 0 Å². The molecule has 0 aliphatic carbocycles. The molecule has 0 saturated carbocycles. The molecule has 4 N–H and O–H groups in total. The summed E-state index contributed by atoms with van der Waals surface area (Å²) in [7, 11) is 3.44. The molecule has 200 valence electrons. The summed E-state index contributed by atoms with van der Waals surface area (Å²) in [4.78, 5) is 31.0. The predicted octanol–water partition coefficient (Wildman–Crippen LogP) is -0.476. The van der Waals surface area contributed by atoms with Crippen molar-refractivity contribution < 1.29 is 69.8 Å². The third-order valence-corrected chi connectivity index (χ3v) is 6.20. The molecule has 10 nitrogen and oxygen atoms in total. The van der Waals surface area contributed by atoms with E-state index in [2.05, 4.69) is 48.7 Å². The molecule has 5 rings (SSSR count). The second-order valence-corrected chi connectivity index (χ2v) is 8.81. The minimum atomic E-state index is -1.34. The Hall–Kier alpha value is -2.61. The summed E-state index contributed by atoms with van der Waals surface area (Å²) in [5, 5.41) is 15.8. The molecular formula is C27H31FKN7O3. The van der Waals surface area contributed by atoms with Crippen molar-refractivity contribution in [1.82, 2.24) is 26.3 Å². The van der Waals surface area contributed by atoms with Crippen LogP contribution in [0, 0.1) is 5.92 Å². The smallest absolute Gasteiger partial charge is 0.688 e. The van der Waals surface area contributed by atoms with Gasteiger partial charge in [-0.25, -0.2) is 9.37 Å². The Labute approximate surface area is 269 Å². The average Bonchev–Trinajstić information content (AvgIpc) is 3.60. The van der Waals surface area contributed by atoms with Gasteiger partial charge in [-0.1, -0.05) is 24.3 Å². The van der Waals surface area contributed by atoms with Crippen molar-refractivity contribution >= 4 is 18.4 Å². The molecule has 4 heterocycles. The van der Waals surface area contributed by atoms with E-state index in [9.17, 15) is 14.0 Å². The first kappa shape index (κ1) is 30.9. The number of rotatable bonds is 8. The van der Waals surface area contributed by atoms with Crippen LogP contribution in [0.4, 0.5) is 4.39 Å². The quantitative estimate of drug-likeness (QED) is 0.254. The number of carbonyl (C=O) groups excluding carboxylic acids is 2. The second kappa shape index (κ2) is 15.2. The number of oxazole rings is 1. The van der Waals surface area contributed by atoms with Crippen LogP contribution in [0.3, 0.4) is 0 Å². The number of benzene rings is 1. The molecule has 0 saturated heterocycles. The van der Waals surface area contributed by atoms with Crippen LogP contribution >= 0.6 is 0 Å². The zero-order chi connectivity index (χ0) is 26.9. The van der Waals surface area contributed by atoms with Crippen LogP contribution in [0.5, 0.6) is 0 Å². The van der Waals surface area contributed by atoms with Gasteiger partial charge < -0.3 is 35.8 Å². The molecule has 3 aliphatic heterocycles. The van der Waals surface area contributed by atoms with Crippen LogP contribution in [-0.2, 0) is 9.59 Å². The maximum Gasteiger partial charge on any atom is 1.00 e. The van der Waals surface area contributed by atoms with E-state index in [4.69, 9.17) is 4.42 Å². The molecule has 39 heavy (non-hydrogen) atoms. The first-order valence-electron chi connectivity index (χ1n) is 12.3. The Morgan fingerprint density at radius 3 is 2.77 bits per heavy atom. The molecule has 0 radical (unpaired) electrons. The van der Waals surface area contributed by atoms with Gasteiger partial charge >= 0.3 is 51.4 Å². The number of hydrogen-bond donors (Lipinski definition) is 4. The molecule has 3 aliphatic rings. The van der Waals surface area contributed by atoms with Gasteiger partial charge in [-0.2, -0.15) is 0 Å². The number of hydrogen-bond acceptors (Lipinski definition) is 8. The number of aromatic nitrogens is 1. The third-order valence-electron chi connectivity index (χ3n) is 6.20. The number of carbonyl (C=O) groups is 2. The van der Waals surface area contributed by atoms with Gasteiger partial charge in [-0.05, 0) is 31.7 Å². The number of aliphatic imine (C=N–C) groups is 1. The first-order valence-corrected chi connectivity index (χ1v) is 12.3. The zero-order valence-corrected chi connectivity index (χ0v) is 25.3. The van der Waals surface area contributed by atoms with Crippen molar-refractivity contribution in [2.24, 2.45) is 10.9 Å². The molecule has 0 bridgehead atoms. The fourth-order valence-corrected chi connectivity index (χ4v) is 4.35. The average molecular weight is 560 g/mol. The summed E-state index contributed by atoms with van der Waals surface area (Å²) in [5.41, 5.74) is 2.48. The summed E-state index contributed by atoms with van der Waals surface area (Å²) in [6.45, 7) is 0.778. The van der Waals surface area contributed by atoms with Gasteiger partial charge in [0.05, 0.1) is 24.5 Å². The minimum Gasteiger partial charge on any atom is -0.688 e. The standard InChI is InChI=1S/C18H19FN4O3.C9H13N3.K/c1-20-13-9-12(19)15(23-16(13)17(25)21-7-8-24)14-10-22-18(26-14)11-5-3-2-4-6-11;1-10-6-8-4-7-5-11-3-2-9(7)12-8;/h2-6,8,10,12,15,23H,7,9H2,1H3,(H2,20,21,25);2-5,7,9-10,12H,6H2,1H3;/q;;+1/p-1. The van der Waals surface area contributed by atoms with E-state index in [0.717, 1.165) is 12.1 Å². The van der Waals surface area contributed by atoms with Gasteiger partial charge in [0.1, 0.15) is 24.3 Å². The fraction of sp³-hybridized carbons (Fsp3) is 0.333. The number of amides is 1. The zero-order valence-electron chi connectivity index (χ0n) is 22.2. The molecule has 2 aromatic rings. The van der Waals surface area contributed by atoms with Gasteiger partial charge in [0.15, 0.2) is 0 Å². The fourth-order valence-electron chi connectivity index (χ4n) is 4.35. The molecule has 4 unspecified atom stereocenters. The van der Waals surface area contributed by atoms with E-state index < -0.39 is 18.1 Å². The number of alkyl halides is 1. The topological polar surface area (TPSA) is 135 Å². The number of nitrogens with zero attached hydrogens (tertiary/aromatic N) is 3. The molecule has 12 heteroatoms. The summed E-state index contributed by atoms with van der Waals surface area (Å²) < 4.78 is 20.3. The Balaban J connectivity index is 0.000000270. The van der Waals surface area contributed by atoms with E-state index in [1.807, 2.05) is 49.8 Å². The van der Waals surface area contributed by atoms with Crippen molar-refractivity contribution in [1.29, 1.82) is 0 Å². The van der Waals surface area contributed by atoms with Crippen LogP contribution in [0.15, 0.2) is 81.4 Å². The number of fused-ring (bicyclic) bond motifs is 1. The van der Waals surface area contributed by atoms with E-state index >= 15 is 0 Å². The van der Waals surface area contributed by atoms with Crippen molar-refractivity contribution in [2.45, 2.75) is 24.7 Å². The second-order valence-electron chi connectivity index (χ2n) is 8.81. The molecule has 0 spiro atoms. The molecule has 1 amide bonds. The summed E-state index contributed by atoms with van der Waals surface area (Å²) in [6, 6.07) is 8.81. The molecule has 1 aromatic carbocycles. The van der Waals surface area contributed by atoms with Gasteiger partial charge in [0, 0.05) is 36.1 Å². The summed E-state index contributed by atoms with van der Waals surface area (Å²) >= 11 is 0. The van der Waals surface area contributed by atoms with Crippen molar-refractivity contribution in [3.8, 4) is 11.5 Å². The Bertz CT molecular complexity index is 1250. The summed E-state index contributed by atoms with van der Waals surface area (Å²) in [5.74, 6) is 0.597. The number of aldehydes is 1. The van der Waals surface area contributed by atoms with Crippen LogP contribution in [0.1, 0.15) is 18.2 Å². The number of halogens is 1. The third kappa shape index (κ3) is 7.96. The number of nitrogens with one attached hydrogen (secondary N) is 4. The first-order chi connectivity index (χ1) is 18.5. The normalized spacial score (nSPS) is 22.7. The largest absolute Gasteiger partial charge is 1.00 e. The van der Waals surface area contributed by atoms with Crippen molar-refractivity contribution in [3.63, 3.8) is 0 Å². The Morgan fingerprint density at radius 1 is 1.28 bits per heavy atom. The van der Waals surface area contributed by atoms with Crippen LogP contribution in [-0.4, -0.2) is 62.8 Å². The molecule has 4 atom stereocenters. The molecule has 0 fully saturated rings. The van der Waals surface area contributed by atoms with Gasteiger partial charge in [-0.3, -0.25) is 9.79 Å². The Morgan fingerprint density at radius 2 is 2.08 bits per heavy atom. The SMILES string of the molecule is CNCC1=CC2C=NC=CC2N1.C[N-]C1=C(C(=O)NCC=O)NC(c2cnc(-c3ccccc3)o2)C(F)C1.[K+]. The van der Waals surface area contributed by atoms with E-state index in [0.29, 0.717) is 29.8 Å². The number of likely N-dealkylation sites (N-methyl/N-ethyl adjacent to an activating group) is 1. The maximum absolute atomic E-state index is 14.6. The van der Waals surface area contributed by atoms with Crippen molar-refractivity contribution in [2.75, 3.05) is 27.2 Å². The van der Waals surface area contributed by atoms with Gasteiger partial charge in [0.25, 0.3) is 5.91 Å². The predicted molar refractivity (Wildman–Crippen MR) is 143 cm³/mol. The molecular weight excluding hydrogens is 528 g/mol. The van der Waals surface area contributed by atoms with Crippen molar-refractivity contribution in [3.05, 3.63) is 83.0 Å². The maximum atomic E-state index is 14.6. The number of allylic oxidation sites excluding steroid dienone is 1. The van der Waals surface area contributed by atoms with Crippen LogP contribution in [0.25, 0.3) is 16.8 Å². The van der Waals surface area contributed by atoms with Gasteiger partial charge in [0.2, 0.25) is 5.89 Å².